The maximum atomic E-state index is 12.3. The highest BCUT2D eigenvalue weighted by molar-refractivity contribution is 6.00. The van der Waals surface area contributed by atoms with E-state index in [1.165, 1.54) is 0 Å². The maximum Gasteiger partial charge on any atom is 0.248 e. The molecule has 148 valence electrons. The summed E-state index contributed by atoms with van der Waals surface area (Å²) in [5.41, 5.74) is 1.56. The van der Waals surface area contributed by atoms with Crippen LogP contribution in [-0.4, -0.2) is 69.1 Å². The van der Waals surface area contributed by atoms with Gasteiger partial charge in [0.25, 0.3) is 0 Å². The highest BCUT2D eigenvalue weighted by Gasteiger charge is 2.35. The Morgan fingerprint density at radius 1 is 1.18 bits per heavy atom. The Bertz CT molecular complexity index is 762. The summed E-state index contributed by atoms with van der Waals surface area (Å²) in [6.07, 6.45) is 4.76. The van der Waals surface area contributed by atoms with Crippen LogP contribution in [0.25, 0.3) is 0 Å². The second kappa shape index (κ2) is 9.35. The fourth-order valence-corrected chi connectivity index (χ4v) is 3.70. The molecule has 1 aromatic carbocycles. The van der Waals surface area contributed by atoms with E-state index in [2.05, 4.69) is 22.1 Å². The SMILES string of the molecule is O=C(C=CCN1CC2OCCOC2C1)Nc1ccccc1C#CC1CCOC1. The molecule has 3 saturated heterocycles. The molecule has 3 aliphatic rings. The van der Waals surface area contributed by atoms with Gasteiger partial charge in [-0.2, -0.15) is 0 Å². The molecule has 0 bridgehead atoms. The average molecular weight is 382 g/mol. The summed E-state index contributed by atoms with van der Waals surface area (Å²) in [6.45, 7) is 5.21. The van der Waals surface area contributed by atoms with Crippen LogP contribution < -0.4 is 5.32 Å². The van der Waals surface area contributed by atoms with Crippen LogP contribution in [0.3, 0.4) is 0 Å². The van der Waals surface area contributed by atoms with Crippen molar-refractivity contribution in [3.63, 3.8) is 0 Å². The van der Waals surface area contributed by atoms with Crippen molar-refractivity contribution in [3.8, 4) is 11.8 Å². The third kappa shape index (κ3) is 5.00. The van der Waals surface area contributed by atoms with Crippen LogP contribution in [0.4, 0.5) is 5.69 Å². The number of nitrogens with zero attached hydrogens (tertiary/aromatic N) is 1. The van der Waals surface area contributed by atoms with Gasteiger partial charge in [0.05, 0.1) is 37.7 Å². The van der Waals surface area contributed by atoms with E-state index in [1.807, 2.05) is 30.3 Å². The van der Waals surface area contributed by atoms with Crippen LogP contribution in [0, 0.1) is 17.8 Å². The average Bonchev–Trinajstić information content (AvgIpc) is 3.36. The van der Waals surface area contributed by atoms with Crippen LogP contribution >= 0.6 is 0 Å². The summed E-state index contributed by atoms with van der Waals surface area (Å²) < 4.78 is 16.8. The Kier molecular flexibility index (Phi) is 6.40. The van der Waals surface area contributed by atoms with Crippen LogP contribution in [0.5, 0.6) is 0 Å². The van der Waals surface area contributed by atoms with E-state index in [1.54, 1.807) is 6.08 Å². The lowest BCUT2D eigenvalue weighted by Gasteiger charge is -2.24. The first-order chi connectivity index (χ1) is 13.8. The molecule has 0 saturated carbocycles. The highest BCUT2D eigenvalue weighted by Crippen LogP contribution is 2.20. The smallest absolute Gasteiger partial charge is 0.248 e. The van der Waals surface area contributed by atoms with Crippen LogP contribution in [0.15, 0.2) is 36.4 Å². The molecule has 6 nitrogen and oxygen atoms in total. The molecule has 0 aliphatic carbocycles. The molecule has 28 heavy (non-hydrogen) atoms. The number of hydrogen-bond acceptors (Lipinski definition) is 5. The van der Waals surface area contributed by atoms with Crippen molar-refractivity contribution in [1.29, 1.82) is 0 Å². The molecule has 3 atom stereocenters. The number of benzene rings is 1. The number of amides is 1. The number of para-hydroxylation sites is 1. The van der Waals surface area contributed by atoms with Gasteiger partial charge >= 0.3 is 0 Å². The van der Waals surface area contributed by atoms with E-state index in [9.17, 15) is 4.79 Å². The predicted molar refractivity (Wildman–Crippen MR) is 106 cm³/mol. The van der Waals surface area contributed by atoms with Crippen molar-refractivity contribution >= 4 is 11.6 Å². The van der Waals surface area contributed by atoms with Crippen LogP contribution in [-0.2, 0) is 19.0 Å². The monoisotopic (exact) mass is 382 g/mol. The molecule has 3 aliphatic heterocycles. The third-order valence-corrected chi connectivity index (χ3v) is 5.20. The van der Waals surface area contributed by atoms with E-state index in [-0.39, 0.29) is 24.0 Å². The zero-order valence-electron chi connectivity index (χ0n) is 15.9. The fraction of sp³-hybridized carbons (Fsp3) is 0.500. The fourth-order valence-electron chi connectivity index (χ4n) is 3.70. The Hall–Kier alpha value is -2.17. The molecule has 6 heteroatoms. The third-order valence-electron chi connectivity index (χ3n) is 5.20. The first kappa shape index (κ1) is 19.2. The van der Waals surface area contributed by atoms with Gasteiger partial charge in [-0.3, -0.25) is 9.69 Å². The summed E-state index contributed by atoms with van der Waals surface area (Å²) in [6, 6.07) is 7.63. The Morgan fingerprint density at radius 2 is 1.96 bits per heavy atom. The highest BCUT2D eigenvalue weighted by atomic mass is 16.6. The zero-order valence-corrected chi connectivity index (χ0v) is 15.9. The minimum absolute atomic E-state index is 0.150. The van der Waals surface area contributed by atoms with E-state index in [0.29, 0.717) is 26.4 Å². The molecule has 1 aromatic rings. The summed E-state index contributed by atoms with van der Waals surface area (Å²) in [7, 11) is 0. The zero-order chi connectivity index (χ0) is 19.2. The van der Waals surface area contributed by atoms with Gasteiger partial charge in [0, 0.05) is 43.8 Å². The second-order valence-corrected chi connectivity index (χ2v) is 7.30. The normalized spacial score (nSPS) is 27.4. The van der Waals surface area contributed by atoms with Crippen molar-refractivity contribution in [1.82, 2.24) is 4.90 Å². The first-order valence-electron chi connectivity index (χ1n) is 9.89. The number of ether oxygens (including phenoxy) is 3. The summed E-state index contributed by atoms with van der Waals surface area (Å²) in [5.74, 6) is 6.55. The van der Waals surface area contributed by atoms with Gasteiger partial charge < -0.3 is 19.5 Å². The summed E-state index contributed by atoms with van der Waals surface area (Å²) in [4.78, 5) is 14.6. The molecular weight excluding hydrogens is 356 g/mol. The standard InChI is InChI=1S/C22H26N2O4/c25-22(6-3-10-24-14-20-21(15-24)28-13-12-27-20)23-19-5-2-1-4-18(19)8-7-17-9-11-26-16-17/h1-6,17,20-21H,9-16H2,(H,23,25). The van der Waals surface area contributed by atoms with Gasteiger partial charge in [-0.05, 0) is 18.6 Å². The van der Waals surface area contributed by atoms with E-state index in [4.69, 9.17) is 14.2 Å². The van der Waals surface area contributed by atoms with Gasteiger partial charge in [-0.1, -0.05) is 30.0 Å². The minimum atomic E-state index is -0.150. The molecule has 1 N–H and O–H groups in total. The molecule has 0 radical (unpaired) electrons. The van der Waals surface area contributed by atoms with Gasteiger partial charge in [-0.15, -0.1) is 0 Å². The number of nitrogens with one attached hydrogen (secondary N) is 1. The van der Waals surface area contributed by atoms with Crippen molar-refractivity contribution in [2.75, 3.05) is 51.4 Å². The van der Waals surface area contributed by atoms with Crippen LogP contribution in [0.2, 0.25) is 0 Å². The predicted octanol–water partition coefficient (Wildman–Crippen LogP) is 1.67. The topological polar surface area (TPSA) is 60.0 Å². The van der Waals surface area contributed by atoms with Gasteiger partial charge in [0.2, 0.25) is 5.91 Å². The Balaban J connectivity index is 1.29. The minimum Gasteiger partial charge on any atom is -0.380 e. The molecule has 4 rings (SSSR count). The van der Waals surface area contributed by atoms with Crippen LogP contribution in [0.1, 0.15) is 12.0 Å². The number of hydrogen-bond donors (Lipinski definition) is 1. The molecule has 3 heterocycles. The van der Waals surface area contributed by atoms with Crippen molar-refractivity contribution in [3.05, 3.63) is 42.0 Å². The number of carbonyl (C=O) groups excluding carboxylic acids is 1. The van der Waals surface area contributed by atoms with E-state index < -0.39 is 0 Å². The summed E-state index contributed by atoms with van der Waals surface area (Å²) >= 11 is 0. The van der Waals surface area contributed by atoms with Crippen molar-refractivity contribution in [2.24, 2.45) is 5.92 Å². The van der Waals surface area contributed by atoms with E-state index >= 15 is 0 Å². The number of rotatable bonds is 4. The van der Waals surface area contributed by atoms with Gasteiger partial charge in [0.15, 0.2) is 0 Å². The number of carbonyl (C=O) groups is 1. The lowest BCUT2D eigenvalue weighted by atomic mass is 10.1. The Labute approximate surface area is 165 Å². The molecule has 0 aromatic heterocycles. The number of likely N-dealkylation sites (tertiary alicyclic amines) is 1. The Morgan fingerprint density at radius 3 is 2.71 bits per heavy atom. The molecular formula is C22H26N2O4. The van der Waals surface area contributed by atoms with Crippen molar-refractivity contribution < 1.29 is 19.0 Å². The quantitative estimate of drug-likeness (QED) is 0.634. The molecule has 3 unspecified atom stereocenters. The maximum absolute atomic E-state index is 12.3. The van der Waals surface area contributed by atoms with E-state index in [0.717, 1.165) is 37.4 Å². The van der Waals surface area contributed by atoms with Gasteiger partial charge in [0.1, 0.15) is 0 Å². The summed E-state index contributed by atoms with van der Waals surface area (Å²) in [5, 5.41) is 2.93. The largest absolute Gasteiger partial charge is 0.380 e. The van der Waals surface area contributed by atoms with Gasteiger partial charge in [-0.25, -0.2) is 0 Å². The second-order valence-electron chi connectivity index (χ2n) is 7.30. The number of fused-ring (bicyclic) bond motifs is 1. The lowest BCUT2D eigenvalue weighted by Crippen LogP contribution is -2.36. The number of anilines is 1. The first-order valence-corrected chi connectivity index (χ1v) is 9.89. The lowest BCUT2D eigenvalue weighted by molar-refractivity contribution is -0.116. The van der Waals surface area contributed by atoms with Crippen molar-refractivity contribution in [2.45, 2.75) is 18.6 Å². The molecule has 1 amide bonds. The molecule has 3 fully saturated rings. The molecule has 0 spiro atoms.